The first kappa shape index (κ1) is 18.1. The van der Waals surface area contributed by atoms with E-state index in [-0.39, 0.29) is 18.3 Å². The van der Waals surface area contributed by atoms with Crippen LogP contribution in [-0.2, 0) is 9.53 Å². The normalized spacial score (nSPS) is 14.1. The van der Waals surface area contributed by atoms with E-state index < -0.39 is 0 Å². The summed E-state index contributed by atoms with van der Waals surface area (Å²) in [6, 6.07) is 12.9. The van der Waals surface area contributed by atoms with Gasteiger partial charge in [0.15, 0.2) is 6.61 Å². The number of carbonyl (C=O) groups excluding carboxylic acids is 1. The van der Waals surface area contributed by atoms with Gasteiger partial charge >= 0.3 is 0 Å². The maximum absolute atomic E-state index is 13.1. The molecule has 1 fully saturated rings. The van der Waals surface area contributed by atoms with E-state index in [0.29, 0.717) is 54.9 Å². The van der Waals surface area contributed by atoms with Gasteiger partial charge in [-0.25, -0.2) is 4.39 Å². The molecule has 0 N–H and O–H groups in total. The van der Waals surface area contributed by atoms with E-state index in [9.17, 15) is 9.18 Å². The molecular weight excluding hydrogens is 365 g/mol. The van der Waals surface area contributed by atoms with Crippen molar-refractivity contribution in [3.63, 3.8) is 0 Å². The van der Waals surface area contributed by atoms with Crippen molar-refractivity contribution >= 4 is 5.91 Å². The molecule has 28 heavy (non-hydrogen) atoms. The van der Waals surface area contributed by atoms with Gasteiger partial charge in [-0.2, -0.15) is 4.98 Å². The third kappa shape index (κ3) is 4.17. The third-order valence-corrected chi connectivity index (χ3v) is 4.34. The van der Waals surface area contributed by atoms with Gasteiger partial charge in [0.1, 0.15) is 11.6 Å². The first-order valence-corrected chi connectivity index (χ1v) is 8.87. The van der Waals surface area contributed by atoms with E-state index in [2.05, 4.69) is 10.1 Å². The fourth-order valence-corrected chi connectivity index (χ4v) is 2.82. The van der Waals surface area contributed by atoms with Gasteiger partial charge in [0.05, 0.1) is 13.2 Å². The zero-order chi connectivity index (χ0) is 19.3. The zero-order valence-corrected chi connectivity index (χ0v) is 15.0. The van der Waals surface area contributed by atoms with E-state index in [0.717, 1.165) is 0 Å². The van der Waals surface area contributed by atoms with Gasteiger partial charge in [0.2, 0.25) is 5.82 Å². The zero-order valence-electron chi connectivity index (χ0n) is 15.0. The molecule has 0 spiro atoms. The van der Waals surface area contributed by atoms with E-state index in [1.54, 1.807) is 35.2 Å². The Morgan fingerprint density at radius 1 is 1.11 bits per heavy atom. The molecule has 0 aliphatic carbocycles. The quantitative estimate of drug-likeness (QED) is 0.674. The number of rotatable bonds is 5. The number of halogens is 1. The lowest BCUT2D eigenvalue weighted by Gasteiger charge is -2.26. The predicted molar refractivity (Wildman–Crippen MR) is 98.0 cm³/mol. The van der Waals surface area contributed by atoms with Crippen LogP contribution < -0.4 is 4.74 Å². The molecule has 1 saturated heterocycles. The van der Waals surface area contributed by atoms with E-state index in [4.69, 9.17) is 14.0 Å². The van der Waals surface area contributed by atoms with Crippen molar-refractivity contribution < 1.29 is 23.2 Å². The summed E-state index contributed by atoms with van der Waals surface area (Å²) in [5.74, 6) is 0.798. The van der Waals surface area contributed by atoms with Crippen molar-refractivity contribution in [2.24, 2.45) is 0 Å². The summed E-state index contributed by atoms with van der Waals surface area (Å²) in [5.41, 5.74) is 1.32. The summed E-state index contributed by atoms with van der Waals surface area (Å²) in [6.07, 6.45) is 0. The molecule has 1 amide bonds. The van der Waals surface area contributed by atoms with Crippen molar-refractivity contribution in [3.8, 4) is 28.6 Å². The molecule has 8 heteroatoms. The highest BCUT2D eigenvalue weighted by Crippen LogP contribution is 2.25. The Morgan fingerprint density at radius 2 is 1.89 bits per heavy atom. The van der Waals surface area contributed by atoms with Crippen LogP contribution in [0.4, 0.5) is 4.39 Å². The van der Waals surface area contributed by atoms with Crippen LogP contribution in [0.15, 0.2) is 53.1 Å². The van der Waals surface area contributed by atoms with E-state index >= 15 is 0 Å². The molecule has 1 aromatic heterocycles. The predicted octanol–water partition coefficient (Wildman–Crippen LogP) is 2.78. The van der Waals surface area contributed by atoms with Gasteiger partial charge in [0.25, 0.3) is 11.8 Å². The Balaban J connectivity index is 1.43. The summed E-state index contributed by atoms with van der Waals surface area (Å²) >= 11 is 0. The molecule has 0 bridgehead atoms. The Bertz CT molecular complexity index is 952. The van der Waals surface area contributed by atoms with Crippen LogP contribution in [0, 0.1) is 5.82 Å². The van der Waals surface area contributed by atoms with Crippen LogP contribution in [0.2, 0.25) is 0 Å². The van der Waals surface area contributed by atoms with Crippen LogP contribution in [0.25, 0.3) is 22.8 Å². The fraction of sp³-hybridized carbons (Fsp3) is 0.250. The first-order chi connectivity index (χ1) is 13.7. The Morgan fingerprint density at radius 3 is 2.68 bits per heavy atom. The van der Waals surface area contributed by atoms with Gasteiger partial charge in [-0.1, -0.05) is 17.3 Å². The molecule has 2 heterocycles. The van der Waals surface area contributed by atoms with Gasteiger partial charge in [-0.3, -0.25) is 4.79 Å². The van der Waals surface area contributed by atoms with Crippen LogP contribution in [0.5, 0.6) is 5.75 Å². The van der Waals surface area contributed by atoms with Crippen molar-refractivity contribution in [3.05, 3.63) is 54.3 Å². The van der Waals surface area contributed by atoms with Crippen molar-refractivity contribution in [1.82, 2.24) is 15.0 Å². The van der Waals surface area contributed by atoms with Crippen LogP contribution >= 0.6 is 0 Å². The Labute approximate surface area is 160 Å². The van der Waals surface area contributed by atoms with Crippen LogP contribution in [0.1, 0.15) is 0 Å². The number of benzene rings is 2. The van der Waals surface area contributed by atoms with Gasteiger partial charge in [0, 0.05) is 24.2 Å². The second kappa shape index (κ2) is 8.18. The highest BCUT2D eigenvalue weighted by molar-refractivity contribution is 5.78. The number of aromatic nitrogens is 2. The third-order valence-electron chi connectivity index (χ3n) is 4.34. The lowest BCUT2D eigenvalue weighted by Crippen LogP contribution is -2.42. The molecule has 1 aliphatic heterocycles. The summed E-state index contributed by atoms with van der Waals surface area (Å²) in [7, 11) is 0. The fourth-order valence-electron chi connectivity index (χ4n) is 2.82. The molecule has 0 saturated carbocycles. The van der Waals surface area contributed by atoms with E-state index in [1.165, 1.54) is 12.1 Å². The maximum atomic E-state index is 13.1. The van der Waals surface area contributed by atoms with Crippen molar-refractivity contribution in [1.29, 1.82) is 0 Å². The number of hydrogen-bond donors (Lipinski definition) is 0. The summed E-state index contributed by atoms with van der Waals surface area (Å²) in [5, 5.41) is 3.97. The lowest BCUT2D eigenvalue weighted by atomic mass is 10.2. The standard InChI is InChI=1S/C20H18FN3O4/c21-16-6-4-14(5-7-16)20-22-19(23-28-20)15-2-1-3-17(12-15)27-13-18(25)24-8-10-26-11-9-24/h1-7,12H,8-11,13H2. The lowest BCUT2D eigenvalue weighted by molar-refractivity contribution is -0.137. The van der Waals surface area contributed by atoms with Crippen LogP contribution in [0.3, 0.4) is 0 Å². The molecule has 4 rings (SSSR count). The molecule has 144 valence electrons. The molecule has 0 atom stereocenters. The molecule has 7 nitrogen and oxygen atoms in total. The highest BCUT2D eigenvalue weighted by atomic mass is 19.1. The van der Waals surface area contributed by atoms with Crippen LogP contribution in [-0.4, -0.2) is 53.9 Å². The van der Waals surface area contributed by atoms with Crippen molar-refractivity contribution in [2.45, 2.75) is 0 Å². The second-order valence-electron chi connectivity index (χ2n) is 6.24. The Kier molecular flexibility index (Phi) is 5.29. The molecule has 3 aromatic rings. The SMILES string of the molecule is O=C(COc1cccc(-c2noc(-c3ccc(F)cc3)n2)c1)N1CCOCC1. The van der Waals surface area contributed by atoms with Gasteiger partial charge < -0.3 is 18.9 Å². The summed E-state index contributed by atoms with van der Waals surface area (Å²) < 4.78 is 29.2. The number of hydrogen-bond acceptors (Lipinski definition) is 6. The number of morpholine rings is 1. The first-order valence-electron chi connectivity index (χ1n) is 8.87. The molecular formula is C20H18FN3O4. The van der Waals surface area contributed by atoms with E-state index in [1.807, 2.05) is 6.07 Å². The average Bonchev–Trinajstić information content (AvgIpc) is 3.24. The second-order valence-corrected chi connectivity index (χ2v) is 6.24. The molecule has 0 radical (unpaired) electrons. The monoisotopic (exact) mass is 383 g/mol. The molecule has 0 unspecified atom stereocenters. The summed E-state index contributed by atoms with van der Waals surface area (Å²) in [6.45, 7) is 2.22. The van der Waals surface area contributed by atoms with Crippen molar-refractivity contribution in [2.75, 3.05) is 32.9 Å². The number of amides is 1. The average molecular weight is 383 g/mol. The maximum Gasteiger partial charge on any atom is 0.260 e. The Hall–Kier alpha value is -3.26. The summed E-state index contributed by atoms with van der Waals surface area (Å²) in [4.78, 5) is 18.3. The smallest absolute Gasteiger partial charge is 0.260 e. The minimum atomic E-state index is -0.333. The van der Waals surface area contributed by atoms with Gasteiger partial charge in [-0.15, -0.1) is 0 Å². The minimum absolute atomic E-state index is 0.0451. The van der Waals surface area contributed by atoms with Gasteiger partial charge in [-0.05, 0) is 36.4 Å². The number of ether oxygens (including phenoxy) is 2. The topological polar surface area (TPSA) is 77.7 Å². The minimum Gasteiger partial charge on any atom is -0.484 e. The largest absolute Gasteiger partial charge is 0.484 e. The number of nitrogens with zero attached hydrogens (tertiary/aromatic N) is 3. The highest BCUT2D eigenvalue weighted by Gasteiger charge is 2.17. The molecule has 2 aromatic carbocycles. The molecule has 1 aliphatic rings. The number of carbonyl (C=O) groups is 1.